The molecule has 0 aromatic heterocycles. The third kappa shape index (κ3) is 4.53. The van der Waals surface area contributed by atoms with Crippen molar-refractivity contribution in [1.29, 1.82) is 0 Å². The molecule has 2 atom stereocenters. The van der Waals surface area contributed by atoms with Gasteiger partial charge in [0.25, 0.3) is 0 Å². The molecule has 1 aromatic rings. The monoisotopic (exact) mass is 292 g/mol. The molecule has 1 saturated carbocycles. The van der Waals surface area contributed by atoms with Crippen LogP contribution in [0.4, 0.5) is 0 Å². The lowest BCUT2D eigenvalue weighted by atomic mass is 9.91. The molecule has 20 heavy (non-hydrogen) atoms. The number of thioether (sulfide) groups is 1. The van der Waals surface area contributed by atoms with E-state index in [4.69, 9.17) is 5.84 Å². The zero-order valence-electron chi connectivity index (χ0n) is 12.1. The van der Waals surface area contributed by atoms with Gasteiger partial charge in [0, 0.05) is 11.0 Å². The van der Waals surface area contributed by atoms with Gasteiger partial charge in [-0.1, -0.05) is 44.0 Å². The molecule has 0 heterocycles. The number of carbonyl (C=O) groups is 1. The molecule has 1 aliphatic carbocycles. The van der Waals surface area contributed by atoms with Crippen LogP contribution in [0.2, 0.25) is 0 Å². The lowest BCUT2D eigenvalue weighted by Crippen LogP contribution is -2.31. The summed E-state index contributed by atoms with van der Waals surface area (Å²) in [7, 11) is 0. The van der Waals surface area contributed by atoms with Crippen molar-refractivity contribution in [1.82, 2.24) is 5.43 Å². The SMILES string of the molecule is CC1CCCC(SCc2ccccc2CC(=O)NN)C1. The van der Waals surface area contributed by atoms with Crippen LogP contribution in [0.1, 0.15) is 43.7 Å². The van der Waals surface area contributed by atoms with Gasteiger partial charge in [0.2, 0.25) is 5.91 Å². The van der Waals surface area contributed by atoms with E-state index in [0.29, 0.717) is 6.42 Å². The maximum Gasteiger partial charge on any atom is 0.238 e. The van der Waals surface area contributed by atoms with Crippen LogP contribution in [-0.4, -0.2) is 11.2 Å². The Hall–Kier alpha value is -1.00. The highest BCUT2D eigenvalue weighted by atomic mass is 32.2. The molecule has 1 aromatic carbocycles. The average molecular weight is 292 g/mol. The number of nitrogens with one attached hydrogen (secondary N) is 1. The predicted octanol–water partition coefficient (Wildman–Crippen LogP) is 3.03. The first-order valence-corrected chi connectivity index (χ1v) is 8.41. The van der Waals surface area contributed by atoms with Crippen LogP contribution in [-0.2, 0) is 17.0 Å². The Morgan fingerprint density at radius 1 is 1.35 bits per heavy atom. The summed E-state index contributed by atoms with van der Waals surface area (Å²) >= 11 is 2.04. The highest BCUT2D eigenvalue weighted by molar-refractivity contribution is 7.99. The van der Waals surface area contributed by atoms with Gasteiger partial charge in [-0.2, -0.15) is 11.8 Å². The summed E-state index contributed by atoms with van der Waals surface area (Å²) in [5, 5.41) is 0.773. The van der Waals surface area contributed by atoms with Crippen molar-refractivity contribution in [3.05, 3.63) is 35.4 Å². The van der Waals surface area contributed by atoms with Crippen LogP contribution in [0.5, 0.6) is 0 Å². The fourth-order valence-corrected chi connectivity index (χ4v) is 4.33. The Labute approximate surface area is 125 Å². The molecule has 0 aliphatic heterocycles. The minimum Gasteiger partial charge on any atom is -0.294 e. The minimum absolute atomic E-state index is 0.131. The lowest BCUT2D eigenvalue weighted by molar-refractivity contribution is -0.120. The lowest BCUT2D eigenvalue weighted by Gasteiger charge is -2.26. The molecule has 3 N–H and O–H groups in total. The van der Waals surface area contributed by atoms with Gasteiger partial charge in [0.1, 0.15) is 0 Å². The number of hydrazine groups is 1. The third-order valence-electron chi connectivity index (χ3n) is 3.99. The van der Waals surface area contributed by atoms with Crippen LogP contribution < -0.4 is 11.3 Å². The van der Waals surface area contributed by atoms with Crippen LogP contribution in [0.25, 0.3) is 0 Å². The Morgan fingerprint density at radius 3 is 2.80 bits per heavy atom. The molecule has 1 fully saturated rings. The highest BCUT2D eigenvalue weighted by Crippen LogP contribution is 2.34. The molecule has 2 rings (SSSR count). The summed E-state index contributed by atoms with van der Waals surface area (Å²) in [5.74, 6) is 6.89. The van der Waals surface area contributed by atoms with Gasteiger partial charge in [-0.25, -0.2) is 5.84 Å². The number of nitrogens with two attached hydrogens (primary N) is 1. The third-order valence-corrected chi connectivity index (χ3v) is 5.37. The second-order valence-electron chi connectivity index (χ2n) is 5.72. The molecular formula is C16H24N2OS. The summed E-state index contributed by atoms with van der Waals surface area (Å²) in [6.45, 7) is 2.35. The quantitative estimate of drug-likeness (QED) is 0.498. The van der Waals surface area contributed by atoms with Crippen LogP contribution >= 0.6 is 11.8 Å². The maximum absolute atomic E-state index is 11.4. The molecule has 110 valence electrons. The smallest absolute Gasteiger partial charge is 0.238 e. The number of hydrogen-bond donors (Lipinski definition) is 2. The van der Waals surface area contributed by atoms with Crippen molar-refractivity contribution in [2.75, 3.05) is 0 Å². The Balaban J connectivity index is 1.93. The molecular weight excluding hydrogens is 268 g/mol. The highest BCUT2D eigenvalue weighted by Gasteiger charge is 2.19. The van der Waals surface area contributed by atoms with Crippen molar-refractivity contribution in [3.63, 3.8) is 0 Å². The van der Waals surface area contributed by atoms with Crippen molar-refractivity contribution in [2.45, 2.75) is 50.0 Å². The molecule has 0 spiro atoms. The summed E-state index contributed by atoms with van der Waals surface area (Å²) < 4.78 is 0. The topological polar surface area (TPSA) is 55.1 Å². The van der Waals surface area contributed by atoms with E-state index >= 15 is 0 Å². The van der Waals surface area contributed by atoms with Gasteiger partial charge in [0.05, 0.1) is 6.42 Å². The minimum atomic E-state index is -0.131. The Kier molecular flexibility index (Phi) is 5.92. The molecule has 4 heteroatoms. The van der Waals surface area contributed by atoms with Crippen molar-refractivity contribution < 1.29 is 4.79 Å². The van der Waals surface area contributed by atoms with Gasteiger partial charge in [-0.15, -0.1) is 0 Å². The number of carbonyl (C=O) groups excluding carboxylic acids is 1. The molecule has 2 unspecified atom stereocenters. The fraction of sp³-hybridized carbons (Fsp3) is 0.562. The first-order valence-electron chi connectivity index (χ1n) is 7.37. The van der Waals surface area contributed by atoms with Crippen LogP contribution in [0, 0.1) is 5.92 Å². The zero-order valence-corrected chi connectivity index (χ0v) is 12.9. The first kappa shape index (κ1) is 15.4. The molecule has 0 bridgehead atoms. The largest absolute Gasteiger partial charge is 0.294 e. The van der Waals surface area contributed by atoms with E-state index in [9.17, 15) is 4.79 Å². The van der Waals surface area contributed by atoms with E-state index in [1.54, 1.807) is 0 Å². The number of amides is 1. The van der Waals surface area contributed by atoms with E-state index in [2.05, 4.69) is 18.4 Å². The van der Waals surface area contributed by atoms with E-state index < -0.39 is 0 Å². The summed E-state index contributed by atoms with van der Waals surface area (Å²) in [6.07, 6.45) is 5.77. The Bertz CT molecular complexity index is 450. The molecule has 0 radical (unpaired) electrons. The van der Waals surface area contributed by atoms with Gasteiger partial charge in [0.15, 0.2) is 0 Å². The first-order chi connectivity index (χ1) is 9.69. The molecule has 3 nitrogen and oxygen atoms in total. The van der Waals surface area contributed by atoms with Crippen molar-refractivity contribution >= 4 is 17.7 Å². The Morgan fingerprint density at radius 2 is 2.10 bits per heavy atom. The van der Waals surface area contributed by atoms with E-state index in [-0.39, 0.29) is 5.91 Å². The normalized spacial score (nSPS) is 22.5. The van der Waals surface area contributed by atoms with E-state index in [1.165, 1.54) is 31.2 Å². The summed E-state index contributed by atoms with van der Waals surface area (Å²) in [6, 6.07) is 8.17. The van der Waals surface area contributed by atoms with Gasteiger partial charge < -0.3 is 0 Å². The van der Waals surface area contributed by atoms with E-state index in [0.717, 1.165) is 22.5 Å². The standard InChI is InChI=1S/C16H24N2OS/c1-12-5-4-8-15(9-12)20-11-14-7-3-2-6-13(14)10-16(19)18-17/h2-3,6-7,12,15H,4-5,8-11,17H2,1H3,(H,18,19). The second-order valence-corrected chi connectivity index (χ2v) is 7.01. The van der Waals surface area contributed by atoms with Crippen molar-refractivity contribution in [3.8, 4) is 0 Å². The number of benzene rings is 1. The average Bonchev–Trinajstić information content (AvgIpc) is 2.46. The molecule has 0 saturated heterocycles. The van der Waals surface area contributed by atoms with Gasteiger partial charge >= 0.3 is 0 Å². The van der Waals surface area contributed by atoms with Gasteiger partial charge in [-0.05, 0) is 29.9 Å². The van der Waals surface area contributed by atoms with Crippen LogP contribution in [0.15, 0.2) is 24.3 Å². The second kappa shape index (κ2) is 7.70. The van der Waals surface area contributed by atoms with Crippen molar-refractivity contribution in [2.24, 2.45) is 11.8 Å². The molecule has 1 aliphatic rings. The van der Waals surface area contributed by atoms with E-state index in [1.807, 2.05) is 30.0 Å². The fourth-order valence-electron chi connectivity index (χ4n) is 2.83. The zero-order chi connectivity index (χ0) is 14.4. The number of hydrogen-bond acceptors (Lipinski definition) is 3. The summed E-state index contributed by atoms with van der Waals surface area (Å²) in [5.41, 5.74) is 4.56. The number of rotatable bonds is 5. The van der Waals surface area contributed by atoms with Gasteiger partial charge in [-0.3, -0.25) is 10.2 Å². The summed E-state index contributed by atoms with van der Waals surface area (Å²) in [4.78, 5) is 11.4. The predicted molar refractivity (Wildman–Crippen MR) is 85.2 cm³/mol. The maximum atomic E-state index is 11.4. The molecule has 1 amide bonds. The van der Waals surface area contributed by atoms with Crippen LogP contribution in [0.3, 0.4) is 0 Å².